The lowest BCUT2D eigenvalue weighted by atomic mass is 10.0. The van der Waals surface area contributed by atoms with E-state index in [0.717, 1.165) is 16.5 Å². The zero-order valence-electron chi connectivity index (χ0n) is 12.2. The van der Waals surface area contributed by atoms with Gasteiger partial charge in [0, 0.05) is 0 Å². The predicted molar refractivity (Wildman–Crippen MR) is 102 cm³/mol. The van der Waals surface area contributed by atoms with E-state index in [1.165, 1.54) is 6.08 Å². The van der Waals surface area contributed by atoms with Gasteiger partial charge in [-0.1, -0.05) is 63.8 Å². The first-order valence-electron chi connectivity index (χ1n) is 6.04. The van der Waals surface area contributed by atoms with Crippen LogP contribution in [0.3, 0.4) is 0 Å². The van der Waals surface area contributed by atoms with Gasteiger partial charge in [-0.15, -0.1) is 18.5 Å². The normalized spacial score (nSPS) is 11.7. The Kier molecular flexibility index (Phi) is 8.70. The second kappa shape index (κ2) is 9.40. The van der Waals surface area contributed by atoms with E-state index in [2.05, 4.69) is 58.0 Å². The van der Waals surface area contributed by atoms with Gasteiger partial charge in [0.1, 0.15) is 5.83 Å². The summed E-state index contributed by atoms with van der Waals surface area (Å²) in [4.78, 5) is 0. The summed E-state index contributed by atoms with van der Waals surface area (Å²) in [7, 11) is 4.69. The van der Waals surface area contributed by atoms with Crippen molar-refractivity contribution in [3.8, 4) is 0 Å². The Hall–Kier alpha value is -1.55. The van der Waals surface area contributed by atoms with Gasteiger partial charge >= 0.3 is 0 Å². The highest BCUT2D eigenvalue weighted by Crippen LogP contribution is 2.21. The van der Waals surface area contributed by atoms with E-state index in [1.807, 2.05) is 12.2 Å². The maximum atomic E-state index is 13.4. The molecule has 0 heterocycles. The molecule has 3 heteroatoms. The van der Waals surface area contributed by atoms with Crippen molar-refractivity contribution in [1.82, 2.24) is 0 Å². The molecule has 0 saturated heterocycles. The van der Waals surface area contributed by atoms with Gasteiger partial charge in [0.05, 0.1) is 0 Å². The Morgan fingerprint density at radius 1 is 0.667 bits per heavy atom. The number of halogens is 1. The van der Waals surface area contributed by atoms with Gasteiger partial charge in [0.2, 0.25) is 0 Å². The Balaban J connectivity index is 4.79. The second-order valence-electron chi connectivity index (χ2n) is 4.36. The highest BCUT2D eigenvalue weighted by Gasteiger charge is 1.99. The monoisotopic (exact) mass is 318 g/mol. The lowest BCUT2D eigenvalue weighted by molar-refractivity contribution is 0.663. The minimum atomic E-state index is -0.440. The van der Waals surface area contributed by atoms with Crippen molar-refractivity contribution in [2.24, 2.45) is 0 Å². The molecule has 0 aliphatic heterocycles. The van der Waals surface area contributed by atoms with E-state index in [4.69, 9.17) is 0 Å². The van der Waals surface area contributed by atoms with E-state index in [0.29, 0.717) is 11.1 Å². The average Bonchev–Trinajstić information content (AvgIpc) is 2.40. The third kappa shape index (κ3) is 8.35. The first kappa shape index (κ1) is 19.4. The quantitative estimate of drug-likeness (QED) is 0.383. The number of hydrogen-bond donors (Lipinski definition) is 0. The zero-order chi connectivity index (χ0) is 16.6. The van der Waals surface area contributed by atoms with E-state index >= 15 is 0 Å². The Bertz CT molecular complexity index is 599. The summed E-state index contributed by atoms with van der Waals surface area (Å²) in [6.07, 6.45) is 8.40. The third-order valence-corrected chi connectivity index (χ3v) is 2.89. The smallest absolute Gasteiger partial charge is 0.130 e. The fourth-order valence-electron chi connectivity index (χ4n) is 1.07. The molecule has 0 radical (unpaired) electrons. The van der Waals surface area contributed by atoms with E-state index in [1.54, 1.807) is 12.2 Å². The van der Waals surface area contributed by atoms with Crippen LogP contribution in [0.2, 0.25) is 0 Å². The van der Waals surface area contributed by atoms with Crippen LogP contribution in [-0.4, -0.2) is 0 Å². The molecule has 0 saturated carbocycles. The van der Waals surface area contributed by atoms with Crippen LogP contribution in [0.4, 0.5) is 4.39 Å². The minimum Gasteiger partial charge on any atom is -0.206 e. The molecule has 0 amide bonds. The topological polar surface area (TPSA) is 0 Å². The van der Waals surface area contributed by atoms with Gasteiger partial charge in [-0.05, 0) is 39.0 Å². The predicted octanol–water partition coefficient (Wildman–Crippen LogP) is 5.95. The van der Waals surface area contributed by atoms with Crippen molar-refractivity contribution in [3.05, 3.63) is 109 Å². The fourth-order valence-corrected chi connectivity index (χ4v) is 1.25. The molecule has 0 N–H and O–H groups in total. The van der Waals surface area contributed by atoms with Gasteiger partial charge in [0.25, 0.3) is 0 Å². The maximum Gasteiger partial charge on any atom is 0.130 e. The molecule has 0 fully saturated rings. The lowest BCUT2D eigenvalue weighted by Crippen LogP contribution is -1.83. The van der Waals surface area contributed by atoms with Crippen LogP contribution >= 0.6 is 18.5 Å². The maximum absolute atomic E-state index is 13.4. The Labute approximate surface area is 132 Å². The van der Waals surface area contributed by atoms with Crippen LogP contribution < -0.4 is 0 Å². The van der Waals surface area contributed by atoms with Gasteiger partial charge in [-0.3, -0.25) is 0 Å². The number of rotatable bonds is 8. The van der Waals surface area contributed by atoms with Crippen LogP contribution in [0, 0.1) is 0 Å². The summed E-state index contributed by atoms with van der Waals surface area (Å²) in [5.41, 5.74) is 2.55. The van der Waals surface area contributed by atoms with Crippen LogP contribution in [0.25, 0.3) is 0 Å². The van der Waals surface area contributed by atoms with E-state index in [-0.39, 0.29) is 5.31 Å². The molecule has 0 rings (SSSR count). The molecule has 2 atom stereocenters. The molecule has 0 bridgehead atoms. The first-order valence-corrected chi connectivity index (χ1v) is 7.19. The van der Waals surface area contributed by atoms with Crippen LogP contribution in [0.1, 0.15) is 0 Å². The van der Waals surface area contributed by atoms with Gasteiger partial charge in [-0.25, -0.2) is 4.39 Å². The Morgan fingerprint density at radius 2 is 1.05 bits per heavy atom. The zero-order valence-corrected chi connectivity index (χ0v) is 14.5. The molecule has 21 heavy (non-hydrogen) atoms. The standard InChI is InChI=1S/C18H21FP2/c1-12(13(2)9-10-16(5)20)7-8-14(3)15(4)11-18(19)17(6)21/h7-11H,1-6,20-21H2/b8-7-,10-9-,18-11+. The molecule has 0 aliphatic carbocycles. The molecule has 0 nitrogen and oxygen atoms in total. The minimum absolute atomic E-state index is 0.272. The molecule has 0 aromatic carbocycles. The number of allylic oxidation sites excluding steroid dienone is 12. The highest BCUT2D eigenvalue weighted by molar-refractivity contribution is 7.23. The van der Waals surface area contributed by atoms with Crippen molar-refractivity contribution in [2.45, 2.75) is 0 Å². The van der Waals surface area contributed by atoms with Crippen molar-refractivity contribution in [1.29, 1.82) is 0 Å². The van der Waals surface area contributed by atoms with Crippen molar-refractivity contribution >= 4 is 18.5 Å². The lowest BCUT2D eigenvalue weighted by Gasteiger charge is -2.02. The fraction of sp³-hybridized carbons (Fsp3) is 0. The molecule has 0 aromatic heterocycles. The van der Waals surface area contributed by atoms with Crippen molar-refractivity contribution < 1.29 is 4.39 Å². The van der Waals surface area contributed by atoms with Gasteiger partial charge in [-0.2, -0.15) is 0 Å². The molecule has 0 aliphatic rings. The number of hydrogen-bond acceptors (Lipinski definition) is 0. The third-order valence-electron chi connectivity index (χ3n) is 2.42. The van der Waals surface area contributed by atoms with Crippen LogP contribution in [0.15, 0.2) is 109 Å². The molecule has 0 aromatic rings. The molecule has 110 valence electrons. The van der Waals surface area contributed by atoms with Crippen LogP contribution in [-0.2, 0) is 0 Å². The molecular weight excluding hydrogens is 297 g/mol. The van der Waals surface area contributed by atoms with E-state index < -0.39 is 5.83 Å². The molecule has 0 spiro atoms. The summed E-state index contributed by atoms with van der Waals surface area (Å²) >= 11 is 0. The Morgan fingerprint density at radius 3 is 1.43 bits per heavy atom. The van der Waals surface area contributed by atoms with Crippen molar-refractivity contribution in [2.75, 3.05) is 0 Å². The first-order chi connectivity index (χ1) is 9.65. The summed E-state index contributed by atoms with van der Waals surface area (Å²) in [5, 5.41) is 1.12. The largest absolute Gasteiger partial charge is 0.206 e. The highest BCUT2D eigenvalue weighted by atomic mass is 31.0. The summed E-state index contributed by atoms with van der Waals surface area (Å²) < 4.78 is 13.4. The van der Waals surface area contributed by atoms with E-state index in [9.17, 15) is 4.39 Å². The molecular formula is C18H21FP2. The summed E-state index contributed by atoms with van der Waals surface area (Å²) in [6, 6.07) is 0. The SMILES string of the molecule is C=C(P)/C=C\C(=C)C(=C)/C=C\C(=C)C(=C)/C=C(/F)C(=C)P. The van der Waals surface area contributed by atoms with Crippen molar-refractivity contribution in [3.63, 3.8) is 0 Å². The average molecular weight is 318 g/mol. The second-order valence-corrected chi connectivity index (χ2v) is 5.80. The van der Waals surface area contributed by atoms with Crippen LogP contribution in [0.5, 0.6) is 0 Å². The summed E-state index contributed by atoms with van der Waals surface area (Å²) in [6.45, 7) is 22.6. The van der Waals surface area contributed by atoms with Gasteiger partial charge < -0.3 is 0 Å². The van der Waals surface area contributed by atoms with Gasteiger partial charge in [0.15, 0.2) is 0 Å². The summed E-state index contributed by atoms with van der Waals surface area (Å²) in [5.74, 6) is -0.440. The molecule has 2 unspecified atom stereocenters.